The average molecular weight is 418 g/mol. The highest BCUT2D eigenvalue weighted by atomic mass is 16.2. The standard InChI is InChI=1S/C25H27N3O3/c1-5-27(6-2)25(31)19-12-14-20(15-13-19)26-24(30)23-17(3)16-22(29)28(18(23)4)21-10-8-7-9-11-21/h7-16H,5-6H2,1-4H3,(H,26,30). The first-order valence-electron chi connectivity index (χ1n) is 10.4. The van der Waals surface area contributed by atoms with E-state index in [0.717, 1.165) is 0 Å². The van der Waals surface area contributed by atoms with Gasteiger partial charge < -0.3 is 10.2 Å². The largest absolute Gasteiger partial charge is 0.339 e. The van der Waals surface area contributed by atoms with Gasteiger partial charge in [-0.3, -0.25) is 19.0 Å². The summed E-state index contributed by atoms with van der Waals surface area (Å²) in [4.78, 5) is 39.9. The van der Waals surface area contributed by atoms with Crippen LogP contribution in [0.25, 0.3) is 5.69 Å². The zero-order valence-corrected chi connectivity index (χ0v) is 18.3. The molecule has 0 aliphatic rings. The number of para-hydroxylation sites is 1. The van der Waals surface area contributed by atoms with E-state index in [1.54, 1.807) is 43.0 Å². The molecule has 0 unspecified atom stereocenters. The quantitative estimate of drug-likeness (QED) is 0.654. The van der Waals surface area contributed by atoms with Crippen LogP contribution in [0, 0.1) is 13.8 Å². The molecule has 0 radical (unpaired) electrons. The zero-order chi connectivity index (χ0) is 22.5. The summed E-state index contributed by atoms with van der Waals surface area (Å²) >= 11 is 0. The summed E-state index contributed by atoms with van der Waals surface area (Å²) in [5, 5.41) is 2.88. The van der Waals surface area contributed by atoms with Gasteiger partial charge in [0.1, 0.15) is 0 Å². The summed E-state index contributed by atoms with van der Waals surface area (Å²) < 4.78 is 1.54. The van der Waals surface area contributed by atoms with E-state index >= 15 is 0 Å². The Morgan fingerprint density at radius 2 is 1.55 bits per heavy atom. The van der Waals surface area contributed by atoms with E-state index in [2.05, 4.69) is 5.32 Å². The van der Waals surface area contributed by atoms with Gasteiger partial charge in [-0.15, -0.1) is 0 Å². The van der Waals surface area contributed by atoms with Crippen LogP contribution in [0.15, 0.2) is 65.5 Å². The van der Waals surface area contributed by atoms with Crippen molar-refractivity contribution in [1.82, 2.24) is 9.47 Å². The molecular formula is C25H27N3O3. The molecule has 6 nitrogen and oxygen atoms in total. The van der Waals surface area contributed by atoms with Gasteiger partial charge in [0.2, 0.25) is 0 Å². The molecule has 6 heteroatoms. The molecule has 160 valence electrons. The predicted octanol–water partition coefficient (Wildman–Crippen LogP) is 4.19. The van der Waals surface area contributed by atoms with Crippen molar-refractivity contribution in [2.45, 2.75) is 27.7 Å². The minimum Gasteiger partial charge on any atom is -0.339 e. The highest BCUT2D eigenvalue weighted by Gasteiger charge is 2.18. The molecule has 0 fully saturated rings. The maximum atomic E-state index is 13.1. The third kappa shape index (κ3) is 4.58. The average Bonchev–Trinajstić information content (AvgIpc) is 2.75. The number of aryl methyl sites for hydroxylation is 1. The Balaban J connectivity index is 1.89. The van der Waals surface area contributed by atoms with Crippen LogP contribution in [0.2, 0.25) is 0 Å². The highest BCUT2D eigenvalue weighted by molar-refractivity contribution is 6.06. The molecule has 2 aromatic carbocycles. The molecule has 1 heterocycles. The van der Waals surface area contributed by atoms with Crippen LogP contribution in [-0.4, -0.2) is 34.4 Å². The van der Waals surface area contributed by atoms with Crippen molar-refractivity contribution < 1.29 is 9.59 Å². The van der Waals surface area contributed by atoms with Crippen LogP contribution >= 0.6 is 0 Å². The van der Waals surface area contributed by atoms with E-state index in [1.165, 1.54) is 10.6 Å². The number of hydrogen-bond acceptors (Lipinski definition) is 3. The van der Waals surface area contributed by atoms with E-state index in [0.29, 0.717) is 46.8 Å². The minimum atomic E-state index is -0.303. The third-order valence-electron chi connectivity index (χ3n) is 5.33. The fourth-order valence-electron chi connectivity index (χ4n) is 3.71. The Hall–Kier alpha value is -3.67. The van der Waals surface area contributed by atoms with Gasteiger partial charge in [-0.2, -0.15) is 0 Å². The van der Waals surface area contributed by atoms with Gasteiger partial charge >= 0.3 is 0 Å². The number of anilines is 1. The molecule has 0 saturated heterocycles. The van der Waals surface area contributed by atoms with E-state index in [1.807, 2.05) is 44.2 Å². The molecule has 0 bridgehead atoms. The summed E-state index contributed by atoms with van der Waals surface area (Å²) in [7, 11) is 0. The monoisotopic (exact) mass is 417 g/mol. The molecule has 0 aliphatic heterocycles. The number of carbonyl (C=O) groups excluding carboxylic acids is 2. The van der Waals surface area contributed by atoms with Gasteiger partial charge in [-0.25, -0.2) is 0 Å². The maximum Gasteiger partial charge on any atom is 0.257 e. The van der Waals surface area contributed by atoms with Gasteiger partial charge in [0.25, 0.3) is 17.4 Å². The molecule has 2 amide bonds. The maximum absolute atomic E-state index is 13.1. The van der Waals surface area contributed by atoms with Crippen molar-refractivity contribution in [2.24, 2.45) is 0 Å². The number of aromatic nitrogens is 1. The van der Waals surface area contributed by atoms with Crippen molar-refractivity contribution in [3.05, 3.63) is 93.4 Å². The summed E-state index contributed by atoms with van der Waals surface area (Å²) in [5.74, 6) is -0.341. The van der Waals surface area contributed by atoms with Gasteiger partial charge in [-0.1, -0.05) is 18.2 Å². The Labute approximate surface area is 182 Å². The minimum absolute atomic E-state index is 0.0375. The van der Waals surface area contributed by atoms with Crippen LogP contribution in [-0.2, 0) is 0 Å². The summed E-state index contributed by atoms with van der Waals surface area (Å²) in [6, 6.07) is 17.6. The normalized spacial score (nSPS) is 10.6. The topological polar surface area (TPSA) is 71.4 Å². The van der Waals surface area contributed by atoms with Gasteiger partial charge in [0, 0.05) is 41.8 Å². The Kier molecular flexibility index (Phi) is 6.70. The number of rotatable bonds is 6. The molecular weight excluding hydrogens is 390 g/mol. The Morgan fingerprint density at radius 3 is 2.13 bits per heavy atom. The van der Waals surface area contributed by atoms with Crippen LogP contribution in [0.4, 0.5) is 5.69 Å². The van der Waals surface area contributed by atoms with Gasteiger partial charge in [0.05, 0.1) is 5.56 Å². The Morgan fingerprint density at radius 1 is 0.935 bits per heavy atom. The number of amides is 2. The van der Waals surface area contributed by atoms with Gasteiger partial charge in [-0.05, 0) is 69.7 Å². The number of benzene rings is 2. The molecule has 0 aliphatic carbocycles. The van der Waals surface area contributed by atoms with Crippen LogP contribution < -0.4 is 10.9 Å². The zero-order valence-electron chi connectivity index (χ0n) is 18.3. The second-order valence-corrected chi connectivity index (χ2v) is 7.31. The first kappa shape index (κ1) is 22.0. The second kappa shape index (κ2) is 9.43. The van der Waals surface area contributed by atoms with Crippen molar-refractivity contribution in [3.8, 4) is 5.69 Å². The van der Waals surface area contributed by atoms with Crippen LogP contribution in [0.1, 0.15) is 45.8 Å². The highest BCUT2D eigenvalue weighted by Crippen LogP contribution is 2.18. The van der Waals surface area contributed by atoms with E-state index in [9.17, 15) is 14.4 Å². The number of nitrogens with one attached hydrogen (secondary N) is 1. The SMILES string of the molecule is CCN(CC)C(=O)c1ccc(NC(=O)c2c(C)cc(=O)n(-c3ccccc3)c2C)cc1. The lowest BCUT2D eigenvalue weighted by Crippen LogP contribution is -2.30. The molecule has 3 aromatic rings. The predicted molar refractivity (Wildman–Crippen MR) is 123 cm³/mol. The lowest BCUT2D eigenvalue weighted by atomic mass is 10.1. The molecule has 1 N–H and O–H groups in total. The van der Waals surface area contributed by atoms with E-state index < -0.39 is 0 Å². The summed E-state index contributed by atoms with van der Waals surface area (Å²) in [6.45, 7) is 8.69. The number of hydrogen-bond donors (Lipinski definition) is 1. The smallest absolute Gasteiger partial charge is 0.257 e. The van der Waals surface area contributed by atoms with E-state index in [-0.39, 0.29) is 17.4 Å². The molecule has 1 aromatic heterocycles. The lowest BCUT2D eigenvalue weighted by Gasteiger charge is -2.19. The number of nitrogens with zero attached hydrogens (tertiary/aromatic N) is 2. The second-order valence-electron chi connectivity index (χ2n) is 7.31. The number of carbonyl (C=O) groups is 2. The van der Waals surface area contributed by atoms with E-state index in [4.69, 9.17) is 0 Å². The molecule has 31 heavy (non-hydrogen) atoms. The lowest BCUT2D eigenvalue weighted by molar-refractivity contribution is 0.0773. The summed E-state index contributed by atoms with van der Waals surface area (Å²) in [6.07, 6.45) is 0. The van der Waals surface area contributed by atoms with Crippen molar-refractivity contribution in [1.29, 1.82) is 0 Å². The fraction of sp³-hybridized carbons (Fsp3) is 0.240. The molecule has 0 saturated carbocycles. The van der Waals surface area contributed by atoms with Crippen molar-refractivity contribution in [2.75, 3.05) is 18.4 Å². The number of pyridine rings is 1. The van der Waals surface area contributed by atoms with Crippen LogP contribution in [0.3, 0.4) is 0 Å². The van der Waals surface area contributed by atoms with Crippen molar-refractivity contribution >= 4 is 17.5 Å². The first-order chi connectivity index (χ1) is 14.9. The molecule has 0 atom stereocenters. The molecule has 0 spiro atoms. The van der Waals surface area contributed by atoms with Crippen molar-refractivity contribution in [3.63, 3.8) is 0 Å². The first-order valence-corrected chi connectivity index (χ1v) is 10.4. The molecule has 3 rings (SSSR count). The Bertz CT molecular complexity index is 1150. The summed E-state index contributed by atoms with van der Waals surface area (Å²) in [5.41, 5.74) is 3.31. The van der Waals surface area contributed by atoms with Gasteiger partial charge in [0.15, 0.2) is 0 Å². The van der Waals surface area contributed by atoms with Crippen LogP contribution in [0.5, 0.6) is 0 Å². The fourth-order valence-corrected chi connectivity index (χ4v) is 3.71. The third-order valence-corrected chi connectivity index (χ3v) is 5.33.